The van der Waals surface area contributed by atoms with Gasteiger partial charge in [-0.05, 0) is 12.1 Å². The van der Waals surface area contributed by atoms with Gasteiger partial charge in [0, 0.05) is 30.4 Å². The summed E-state index contributed by atoms with van der Waals surface area (Å²) < 4.78 is 10.4. The second kappa shape index (κ2) is 9.13. The SMILES string of the molecule is C=CCN1C(=O)N(c2ccccc2)C(=O)[C@H]1CC(=O)Nc1cc(OC)cc(OC)c1. The Balaban J connectivity index is 1.80. The predicted molar refractivity (Wildman–Crippen MR) is 113 cm³/mol. The molecule has 8 nitrogen and oxygen atoms in total. The molecule has 0 bridgehead atoms. The fraction of sp³-hybridized carbons (Fsp3) is 0.227. The van der Waals surface area contributed by atoms with Crippen molar-refractivity contribution in [2.24, 2.45) is 0 Å². The molecule has 1 aliphatic rings. The van der Waals surface area contributed by atoms with E-state index in [4.69, 9.17) is 9.47 Å². The lowest BCUT2D eigenvalue weighted by molar-refractivity contribution is -0.124. The lowest BCUT2D eigenvalue weighted by Gasteiger charge is -2.19. The molecule has 2 aromatic carbocycles. The van der Waals surface area contributed by atoms with E-state index >= 15 is 0 Å². The van der Waals surface area contributed by atoms with Crippen LogP contribution in [0.5, 0.6) is 11.5 Å². The molecule has 1 N–H and O–H groups in total. The molecule has 1 atom stereocenters. The van der Waals surface area contributed by atoms with Gasteiger partial charge in [-0.25, -0.2) is 9.69 Å². The summed E-state index contributed by atoms with van der Waals surface area (Å²) in [6, 6.07) is 12.2. The number of hydrogen-bond acceptors (Lipinski definition) is 5. The standard InChI is InChI=1S/C22H23N3O5/c1-4-10-24-19(21(27)25(22(24)28)16-8-6-5-7-9-16)14-20(26)23-15-11-17(29-2)13-18(12-15)30-3/h4-9,11-13,19H,1,10,14H2,2-3H3,(H,23,26)/t19-/m1/s1. The summed E-state index contributed by atoms with van der Waals surface area (Å²) in [4.78, 5) is 41.0. The zero-order valence-electron chi connectivity index (χ0n) is 16.8. The molecule has 0 aliphatic carbocycles. The number of para-hydroxylation sites is 1. The summed E-state index contributed by atoms with van der Waals surface area (Å²) in [5, 5.41) is 2.74. The molecule has 0 unspecified atom stereocenters. The molecule has 1 aliphatic heterocycles. The second-order valence-electron chi connectivity index (χ2n) is 6.60. The summed E-state index contributed by atoms with van der Waals surface area (Å²) in [6.45, 7) is 3.80. The van der Waals surface area contributed by atoms with Crippen LogP contribution in [0.1, 0.15) is 6.42 Å². The molecule has 156 valence electrons. The first-order valence-electron chi connectivity index (χ1n) is 9.32. The molecule has 8 heteroatoms. The van der Waals surface area contributed by atoms with Gasteiger partial charge in [-0.2, -0.15) is 0 Å². The minimum atomic E-state index is -0.928. The zero-order valence-corrected chi connectivity index (χ0v) is 16.8. The molecule has 1 fully saturated rings. The van der Waals surface area contributed by atoms with Gasteiger partial charge >= 0.3 is 6.03 Å². The van der Waals surface area contributed by atoms with Crippen molar-refractivity contribution in [3.05, 3.63) is 61.2 Å². The predicted octanol–water partition coefficient (Wildman–Crippen LogP) is 3.06. The van der Waals surface area contributed by atoms with E-state index in [9.17, 15) is 14.4 Å². The molecule has 0 radical (unpaired) electrons. The Hall–Kier alpha value is -3.81. The van der Waals surface area contributed by atoms with Crippen LogP contribution in [0.2, 0.25) is 0 Å². The third-order valence-corrected chi connectivity index (χ3v) is 4.67. The van der Waals surface area contributed by atoms with Crippen LogP contribution in [0.3, 0.4) is 0 Å². The van der Waals surface area contributed by atoms with E-state index in [1.54, 1.807) is 48.5 Å². The highest BCUT2D eigenvalue weighted by molar-refractivity contribution is 6.22. The number of methoxy groups -OCH3 is 2. The Kier molecular flexibility index (Phi) is 6.36. The lowest BCUT2D eigenvalue weighted by atomic mass is 10.1. The fourth-order valence-corrected chi connectivity index (χ4v) is 3.26. The van der Waals surface area contributed by atoms with Gasteiger partial charge in [0.25, 0.3) is 5.91 Å². The number of anilines is 2. The van der Waals surface area contributed by atoms with Crippen LogP contribution in [0, 0.1) is 0 Å². The summed E-state index contributed by atoms with van der Waals surface area (Å²) >= 11 is 0. The molecule has 30 heavy (non-hydrogen) atoms. The van der Waals surface area contributed by atoms with Crippen molar-refractivity contribution < 1.29 is 23.9 Å². The maximum Gasteiger partial charge on any atom is 0.332 e. The highest BCUT2D eigenvalue weighted by Gasteiger charge is 2.46. The fourth-order valence-electron chi connectivity index (χ4n) is 3.26. The summed E-state index contributed by atoms with van der Waals surface area (Å²) in [5.41, 5.74) is 0.921. The maximum atomic E-state index is 13.0. The van der Waals surface area contributed by atoms with Gasteiger partial charge in [0.1, 0.15) is 17.5 Å². The molecule has 0 aromatic heterocycles. The van der Waals surface area contributed by atoms with Crippen molar-refractivity contribution in [1.82, 2.24) is 4.90 Å². The first-order chi connectivity index (χ1) is 14.5. The smallest absolute Gasteiger partial charge is 0.332 e. The van der Waals surface area contributed by atoms with E-state index in [-0.39, 0.29) is 13.0 Å². The van der Waals surface area contributed by atoms with Crippen molar-refractivity contribution in [1.29, 1.82) is 0 Å². The van der Waals surface area contributed by atoms with Crippen LogP contribution < -0.4 is 19.7 Å². The second-order valence-corrected chi connectivity index (χ2v) is 6.60. The minimum absolute atomic E-state index is 0.152. The van der Waals surface area contributed by atoms with Gasteiger partial charge in [0.2, 0.25) is 5.91 Å². The first-order valence-corrected chi connectivity index (χ1v) is 9.32. The Morgan fingerprint density at radius 1 is 1.10 bits per heavy atom. The topological polar surface area (TPSA) is 88.2 Å². The number of benzene rings is 2. The van der Waals surface area contributed by atoms with E-state index in [0.29, 0.717) is 22.9 Å². The van der Waals surface area contributed by atoms with E-state index in [2.05, 4.69) is 11.9 Å². The van der Waals surface area contributed by atoms with Crippen LogP contribution in [-0.4, -0.2) is 49.6 Å². The van der Waals surface area contributed by atoms with Crippen molar-refractivity contribution in [3.8, 4) is 11.5 Å². The molecule has 3 rings (SSSR count). The minimum Gasteiger partial charge on any atom is -0.497 e. The van der Waals surface area contributed by atoms with Crippen LogP contribution in [-0.2, 0) is 9.59 Å². The molecule has 0 saturated carbocycles. The van der Waals surface area contributed by atoms with Crippen LogP contribution in [0.15, 0.2) is 61.2 Å². The van der Waals surface area contributed by atoms with Crippen LogP contribution in [0.25, 0.3) is 0 Å². The van der Waals surface area contributed by atoms with Gasteiger partial charge in [0.05, 0.1) is 26.3 Å². The van der Waals surface area contributed by atoms with Gasteiger partial charge < -0.3 is 19.7 Å². The summed E-state index contributed by atoms with van der Waals surface area (Å²) in [7, 11) is 3.02. The Morgan fingerprint density at radius 3 is 2.30 bits per heavy atom. The molecule has 2 aromatic rings. The van der Waals surface area contributed by atoms with Crippen molar-refractivity contribution in [3.63, 3.8) is 0 Å². The largest absolute Gasteiger partial charge is 0.497 e. The number of nitrogens with one attached hydrogen (secondary N) is 1. The number of urea groups is 1. The van der Waals surface area contributed by atoms with Crippen molar-refractivity contribution in [2.75, 3.05) is 31.0 Å². The molecule has 1 saturated heterocycles. The number of amides is 4. The van der Waals surface area contributed by atoms with Crippen molar-refractivity contribution in [2.45, 2.75) is 12.5 Å². The molecule has 0 spiro atoms. The van der Waals surface area contributed by atoms with E-state index in [0.717, 1.165) is 4.90 Å². The number of nitrogens with zero attached hydrogens (tertiary/aromatic N) is 2. The van der Waals surface area contributed by atoms with Crippen LogP contribution in [0.4, 0.5) is 16.2 Å². The molecular formula is C22H23N3O5. The number of hydrogen-bond donors (Lipinski definition) is 1. The quantitative estimate of drug-likeness (QED) is 0.535. The van der Waals surface area contributed by atoms with E-state index in [1.807, 2.05) is 0 Å². The van der Waals surface area contributed by atoms with Gasteiger partial charge in [-0.1, -0.05) is 24.3 Å². The maximum absolute atomic E-state index is 13.0. The number of carbonyl (C=O) groups excluding carboxylic acids is 3. The molecule has 4 amide bonds. The van der Waals surface area contributed by atoms with Gasteiger partial charge in [-0.15, -0.1) is 6.58 Å². The van der Waals surface area contributed by atoms with Gasteiger partial charge in [0.15, 0.2) is 0 Å². The lowest BCUT2D eigenvalue weighted by Crippen LogP contribution is -2.38. The third kappa shape index (κ3) is 4.27. The number of imide groups is 1. The Labute approximate surface area is 174 Å². The average molecular weight is 409 g/mol. The number of carbonyl (C=O) groups is 3. The van der Waals surface area contributed by atoms with E-state index < -0.39 is 23.9 Å². The highest BCUT2D eigenvalue weighted by Crippen LogP contribution is 2.28. The summed E-state index contributed by atoms with van der Waals surface area (Å²) in [5.74, 6) is 0.160. The van der Waals surface area contributed by atoms with Crippen LogP contribution >= 0.6 is 0 Å². The summed E-state index contributed by atoms with van der Waals surface area (Å²) in [6.07, 6.45) is 1.33. The average Bonchev–Trinajstić information content (AvgIpc) is 2.98. The number of ether oxygens (including phenoxy) is 2. The molecular weight excluding hydrogens is 386 g/mol. The third-order valence-electron chi connectivity index (χ3n) is 4.67. The first kappa shape index (κ1) is 20.9. The Morgan fingerprint density at radius 2 is 1.73 bits per heavy atom. The monoisotopic (exact) mass is 409 g/mol. The number of rotatable bonds is 8. The van der Waals surface area contributed by atoms with Crippen molar-refractivity contribution >= 4 is 29.2 Å². The highest BCUT2D eigenvalue weighted by atomic mass is 16.5. The van der Waals surface area contributed by atoms with E-state index in [1.165, 1.54) is 25.2 Å². The van der Waals surface area contributed by atoms with Gasteiger partial charge in [-0.3, -0.25) is 9.59 Å². The normalized spacial score (nSPS) is 15.9. The molecule has 1 heterocycles. The Bertz CT molecular complexity index is 938. The zero-order chi connectivity index (χ0) is 21.7.